The lowest BCUT2D eigenvalue weighted by Crippen LogP contribution is -2.51. The molecule has 0 saturated carbocycles. The lowest BCUT2D eigenvalue weighted by molar-refractivity contribution is -0.134. The molecule has 2 aliphatic rings. The zero-order valence-electron chi connectivity index (χ0n) is 17.1. The molecular formula is C21H25N5O4. The number of hydrogen-bond acceptors (Lipinski definition) is 6. The molecule has 158 valence electrons. The molecule has 30 heavy (non-hydrogen) atoms. The van der Waals surface area contributed by atoms with Gasteiger partial charge < -0.3 is 19.9 Å². The minimum atomic E-state index is -0.652. The van der Waals surface area contributed by atoms with E-state index in [1.54, 1.807) is 24.2 Å². The maximum Gasteiger partial charge on any atom is 0.407 e. The molecule has 0 bridgehead atoms. The van der Waals surface area contributed by atoms with Crippen molar-refractivity contribution in [2.75, 3.05) is 20.2 Å². The Morgan fingerprint density at radius 2 is 2.07 bits per heavy atom. The van der Waals surface area contributed by atoms with Gasteiger partial charge in [0.25, 0.3) is 5.56 Å². The third-order valence-electron chi connectivity index (χ3n) is 6.23. The molecule has 1 spiro atoms. The van der Waals surface area contributed by atoms with E-state index in [0.717, 1.165) is 36.1 Å². The van der Waals surface area contributed by atoms with Gasteiger partial charge in [0.15, 0.2) is 0 Å². The highest BCUT2D eigenvalue weighted by molar-refractivity contribution is 5.85. The Morgan fingerprint density at radius 3 is 2.73 bits per heavy atom. The first kappa shape index (κ1) is 20.1. The van der Waals surface area contributed by atoms with Crippen molar-refractivity contribution in [2.45, 2.75) is 44.1 Å². The first-order valence-corrected chi connectivity index (χ1v) is 10.1. The second kappa shape index (κ2) is 7.89. The third-order valence-corrected chi connectivity index (χ3v) is 6.23. The van der Waals surface area contributed by atoms with Gasteiger partial charge in [-0.3, -0.25) is 14.6 Å². The molecule has 1 aliphatic heterocycles. The van der Waals surface area contributed by atoms with Crippen LogP contribution in [-0.2, 0) is 21.4 Å². The molecule has 1 fully saturated rings. The van der Waals surface area contributed by atoms with Crippen LogP contribution in [0, 0.1) is 0 Å². The minimum Gasteiger partial charge on any atom is -0.453 e. The Morgan fingerprint density at radius 1 is 1.30 bits per heavy atom. The van der Waals surface area contributed by atoms with Crippen LogP contribution in [-0.4, -0.2) is 58.1 Å². The van der Waals surface area contributed by atoms with Crippen molar-refractivity contribution in [1.29, 1.82) is 0 Å². The topological polar surface area (TPSA) is 117 Å². The Kier molecular flexibility index (Phi) is 5.27. The van der Waals surface area contributed by atoms with Gasteiger partial charge in [-0.2, -0.15) is 0 Å². The van der Waals surface area contributed by atoms with Crippen LogP contribution in [0.4, 0.5) is 4.79 Å². The average Bonchev–Trinajstić information content (AvgIpc) is 3.12. The number of alkyl carbamates (subject to hydrolysis) is 1. The number of rotatable bonds is 3. The summed E-state index contributed by atoms with van der Waals surface area (Å²) in [4.78, 5) is 50.4. The smallest absolute Gasteiger partial charge is 0.407 e. The number of piperidine rings is 1. The normalized spacial score (nSPS) is 18.0. The van der Waals surface area contributed by atoms with Crippen molar-refractivity contribution in [3.8, 4) is 11.4 Å². The van der Waals surface area contributed by atoms with Gasteiger partial charge in [0, 0.05) is 42.0 Å². The van der Waals surface area contributed by atoms with E-state index in [0.29, 0.717) is 25.3 Å². The number of likely N-dealkylation sites (tertiary alicyclic amines) is 1. The van der Waals surface area contributed by atoms with E-state index in [4.69, 9.17) is 4.98 Å². The zero-order valence-corrected chi connectivity index (χ0v) is 17.1. The van der Waals surface area contributed by atoms with Crippen LogP contribution in [0.2, 0.25) is 0 Å². The molecule has 2 N–H and O–H groups in total. The van der Waals surface area contributed by atoms with E-state index in [1.807, 2.05) is 12.1 Å². The molecule has 9 nitrogen and oxygen atoms in total. The monoisotopic (exact) mass is 411 g/mol. The number of aromatic amines is 1. The van der Waals surface area contributed by atoms with Crippen LogP contribution in [0.3, 0.4) is 0 Å². The predicted octanol–water partition coefficient (Wildman–Crippen LogP) is 1.38. The number of hydrogen-bond donors (Lipinski definition) is 2. The Bertz CT molecular complexity index is 1010. The minimum absolute atomic E-state index is 0.0925. The molecule has 2 amide bonds. The van der Waals surface area contributed by atoms with Crippen LogP contribution in [0.15, 0.2) is 29.3 Å². The number of nitrogens with one attached hydrogen (secondary N) is 2. The quantitative estimate of drug-likeness (QED) is 0.788. The molecule has 2 aromatic rings. The van der Waals surface area contributed by atoms with Crippen molar-refractivity contribution < 1.29 is 14.3 Å². The summed E-state index contributed by atoms with van der Waals surface area (Å²) >= 11 is 0. The van der Waals surface area contributed by atoms with Gasteiger partial charge in [0.1, 0.15) is 11.9 Å². The third kappa shape index (κ3) is 3.55. The van der Waals surface area contributed by atoms with E-state index in [-0.39, 0.29) is 16.9 Å². The molecular weight excluding hydrogens is 386 g/mol. The lowest BCUT2D eigenvalue weighted by Gasteiger charge is -2.40. The van der Waals surface area contributed by atoms with E-state index in [1.165, 1.54) is 7.11 Å². The first-order valence-electron chi connectivity index (χ1n) is 10.1. The van der Waals surface area contributed by atoms with Gasteiger partial charge in [-0.1, -0.05) is 0 Å². The fourth-order valence-corrected chi connectivity index (χ4v) is 4.50. The van der Waals surface area contributed by atoms with Gasteiger partial charge >= 0.3 is 6.09 Å². The SMILES string of the molecule is COC(=O)NC(C)C(=O)N1CCC2(CCc3c2nc(-c2cccnc2)[nH]c3=O)CC1. The average molecular weight is 411 g/mol. The zero-order chi connectivity index (χ0) is 21.3. The van der Waals surface area contributed by atoms with Crippen molar-refractivity contribution >= 4 is 12.0 Å². The van der Waals surface area contributed by atoms with Gasteiger partial charge in [0.05, 0.1) is 12.8 Å². The van der Waals surface area contributed by atoms with Crippen LogP contribution in [0.1, 0.15) is 37.4 Å². The van der Waals surface area contributed by atoms with Crippen molar-refractivity contribution in [1.82, 2.24) is 25.2 Å². The summed E-state index contributed by atoms with van der Waals surface area (Å²) in [6.45, 7) is 2.76. The van der Waals surface area contributed by atoms with Crippen LogP contribution in [0.25, 0.3) is 11.4 Å². The Balaban J connectivity index is 1.54. The highest BCUT2D eigenvalue weighted by Gasteiger charge is 2.45. The van der Waals surface area contributed by atoms with Gasteiger partial charge in [-0.15, -0.1) is 0 Å². The molecule has 0 aromatic carbocycles. The second-order valence-corrected chi connectivity index (χ2v) is 7.95. The number of methoxy groups -OCH3 is 1. The summed E-state index contributed by atoms with van der Waals surface area (Å²) in [5.41, 5.74) is 2.09. The predicted molar refractivity (Wildman–Crippen MR) is 109 cm³/mol. The summed E-state index contributed by atoms with van der Waals surface area (Å²) in [6, 6.07) is 3.03. The highest BCUT2D eigenvalue weighted by Crippen LogP contribution is 2.44. The van der Waals surface area contributed by atoms with Gasteiger partial charge in [-0.25, -0.2) is 9.78 Å². The lowest BCUT2D eigenvalue weighted by atomic mass is 9.76. The van der Waals surface area contributed by atoms with Gasteiger partial charge in [-0.05, 0) is 44.7 Å². The highest BCUT2D eigenvalue weighted by atomic mass is 16.5. The van der Waals surface area contributed by atoms with E-state index >= 15 is 0 Å². The molecule has 0 radical (unpaired) electrons. The van der Waals surface area contributed by atoms with Crippen molar-refractivity contribution in [2.24, 2.45) is 0 Å². The molecule has 1 atom stereocenters. The maximum atomic E-state index is 12.7. The molecule has 9 heteroatoms. The summed E-state index contributed by atoms with van der Waals surface area (Å²) in [6.07, 6.45) is 5.76. The molecule has 1 aliphatic carbocycles. The van der Waals surface area contributed by atoms with Crippen molar-refractivity contribution in [3.05, 3.63) is 46.1 Å². The number of carbonyl (C=O) groups excluding carboxylic acids is 2. The first-order chi connectivity index (χ1) is 14.4. The maximum absolute atomic E-state index is 12.7. The Hall–Kier alpha value is -3.23. The van der Waals surface area contributed by atoms with Crippen LogP contribution in [0.5, 0.6) is 0 Å². The standard InChI is InChI=1S/C21H25N5O4/c1-13(23-20(29)30-2)19(28)26-10-7-21(8-11-26)6-5-15-16(21)24-17(25-18(15)27)14-4-3-9-22-12-14/h3-4,9,12-13H,5-8,10-11H2,1-2H3,(H,23,29)(H,24,25,27). The number of amides is 2. The number of pyridine rings is 1. The summed E-state index contributed by atoms with van der Waals surface area (Å²) < 4.78 is 4.57. The summed E-state index contributed by atoms with van der Waals surface area (Å²) in [7, 11) is 1.27. The number of H-pyrrole nitrogens is 1. The fourth-order valence-electron chi connectivity index (χ4n) is 4.50. The summed E-state index contributed by atoms with van der Waals surface area (Å²) in [5.74, 6) is 0.394. The molecule has 1 saturated heterocycles. The van der Waals surface area contributed by atoms with E-state index < -0.39 is 12.1 Å². The molecule has 4 rings (SSSR count). The van der Waals surface area contributed by atoms with E-state index in [9.17, 15) is 14.4 Å². The van der Waals surface area contributed by atoms with Gasteiger partial charge in [0.2, 0.25) is 5.91 Å². The van der Waals surface area contributed by atoms with Crippen molar-refractivity contribution in [3.63, 3.8) is 0 Å². The number of carbonyl (C=O) groups is 2. The van der Waals surface area contributed by atoms with Crippen LogP contribution < -0.4 is 10.9 Å². The number of ether oxygens (including phenoxy) is 1. The number of nitrogens with zero attached hydrogens (tertiary/aromatic N) is 3. The summed E-state index contributed by atoms with van der Waals surface area (Å²) in [5, 5.41) is 2.52. The fraction of sp³-hybridized carbons (Fsp3) is 0.476. The Labute approximate surface area is 173 Å². The second-order valence-electron chi connectivity index (χ2n) is 7.95. The number of aromatic nitrogens is 3. The number of fused-ring (bicyclic) bond motifs is 2. The van der Waals surface area contributed by atoms with E-state index in [2.05, 4.69) is 20.0 Å². The molecule has 2 aromatic heterocycles. The van der Waals surface area contributed by atoms with Crippen LogP contribution >= 0.6 is 0 Å². The largest absolute Gasteiger partial charge is 0.453 e. The molecule has 3 heterocycles. The molecule has 1 unspecified atom stereocenters.